The second kappa shape index (κ2) is 9.57. The van der Waals surface area contributed by atoms with Crippen LogP contribution in [0.2, 0.25) is 5.02 Å². The average Bonchev–Trinajstić information content (AvgIpc) is 3.07. The number of amides is 4. The molecule has 0 bridgehead atoms. The molecule has 0 spiro atoms. The van der Waals surface area contributed by atoms with Gasteiger partial charge in [0.2, 0.25) is 5.91 Å². The number of urea groups is 1. The summed E-state index contributed by atoms with van der Waals surface area (Å²) in [6.07, 6.45) is 0.255. The summed E-state index contributed by atoms with van der Waals surface area (Å²) in [5.74, 6) is -0.641. The molecule has 174 valence electrons. The van der Waals surface area contributed by atoms with Gasteiger partial charge >= 0.3 is 6.03 Å². The quantitative estimate of drug-likeness (QED) is 0.497. The predicted molar refractivity (Wildman–Crippen MR) is 130 cm³/mol. The SMILES string of the molecule is COc1cc(Cl)c(C)cc1NC(=O)CN1C(=O)N[C@@](Cc2ccccc2)(c2ccccc2)C1=O. The van der Waals surface area contributed by atoms with Crippen molar-refractivity contribution in [3.05, 3.63) is 94.5 Å². The van der Waals surface area contributed by atoms with Crippen LogP contribution in [0.4, 0.5) is 10.5 Å². The predicted octanol–water partition coefficient (Wildman–Crippen LogP) is 4.29. The van der Waals surface area contributed by atoms with E-state index >= 15 is 0 Å². The number of anilines is 1. The van der Waals surface area contributed by atoms with Crippen molar-refractivity contribution in [2.45, 2.75) is 18.9 Å². The number of carbonyl (C=O) groups is 3. The van der Waals surface area contributed by atoms with Crippen LogP contribution in [0, 0.1) is 6.92 Å². The van der Waals surface area contributed by atoms with E-state index in [0.29, 0.717) is 22.0 Å². The Morgan fingerprint density at radius 2 is 1.71 bits per heavy atom. The zero-order valence-electron chi connectivity index (χ0n) is 18.8. The number of hydrogen-bond acceptors (Lipinski definition) is 4. The third-order valence-electron chi connectivity index (χ3n) is 5.81. The van der Waals surface area contributed by atoms with Crippen molar-refractivity contribution in [2.24, 2.45) is 0 Å². The highest BCUT2D eigenvalue weighted by Gasteiger charge is 2.52. The third-order valence-corrected chi connectivity index (χ3v) is 6.22. The fraction of sp³-hybridized carbons (Fsp3) is 0.192. The van der Waals surface area contributed by atoms with E-state index in [1.165, 1.54) is 7.11 Å². The van der Waals surface area contributed by atoms with E-state index in [0.717, 1.165) is 16.0 Å². The van der Waals surface area contributed by atoms with E-state index in [4.69, 9.17) is 16.3 Å². The standard InChI is InChI=1S/C26H24ClN3O4/c1-17-13-21(22(34-2)14-20(17)27)28-23(31)16-30-24(32)26(29-25(30)33,19-11-7-4-8-12-19)15-18-9-5-3-6-10-18/h3-14H,15-16H2,1-2H3,(H,28,31)(H,29,33)/t26-/m0/s1. The zero-order chi connectivity index (χ0) is 24.3. The molecule has 3 aromatic rings. The smallest absolute Gasteiger partial charge is 0.325 e. The summed E-state index contributed by atoms with van der Waals surface area (Å²) >= 11 is 6.13. The van der Waals surface area contributed by atoms with Crippen LogP contribution in [0.15, 0.2) is 72.8 Å². The Labute approximate surface area is 202 Å². The van der Waals surface area contributed by atoms with E-state index in [-0.39, 0.29) is 6.42 Å². The van der Waals surface area contributed by atoms with Gasteiger partial charge in [-0.25, -0.2) is 4.79 Å². The minimum absolute atomic E-state index is 0.255. The molecule has 4 rings (SSSR count). The number of carbonyl (C=O) groups excluding carboxylic acids is 3. The number of imide groups is 1. The lowest BCUT2D eigenvalue weighted by atomic mass is 9.83. The van der Waals surface area contributed by atoms with Crippen molar-refractivity contribution in [3.63, 3.8) is 0 Å². The molecule has 1 saturated heterocycles. The van der Waals surface area contributed by atoms with Crippen LogP contribution < -0.4 is 15.4 Å². The van der Waals surface area contributed by atoms with E-state index in [2.05, 4.69) is 10.6 Å². The summed E-state index contributed by atoms with van der Waals surface area (Å²) in [7, 11) is 1.46. The van der Waals surface area contributed by atoms with Gasteiger partial charge in [-0.15, -0.1) is 0 Å². The number of nitrogens with zero attached hydrogens (tertiary/aromatic N) is 1. The van der Waals surface area contributed by atoms with Gasteiger partial charge in [0.15, 0.2) is 5.54 Å². The molecule has 2 N–H and O–H groups in total. The Kier molecular flexibility index (Phi) is 6.56. The number of hydrogen-bond donors (Lipinski definition) is 2. The Balaban J connectivity index is 1.60. The highest BCUT2D eigenvalue weighted by Crippen LogP contribution is 2.34. The maximum atomic E-state index is 13.7. The molecule has 0 aromatic heterocycles. The van der Waals surface area contributed by atoms with Gasteiger partial charge in [-0.05, 0) is 29.7 Å². The normalized spacial score (nSPS) is 17.4. The molecule has 1 fully saturated rings. The molecule has 0 saturated carbocycles. The summed E-state index contributed by atoms with van der Waals surface area (Å²) < 4.78 is 5.29. The number of benzene rings is 3. The first-order valence-corrected chi connectivity index (χ1v) is 11.1. The Bertz CT molecular complexity index is 1230. The van der Waals surface area contributed by atoms with Crippen LogP contribution in [0.25, 0.3) is 0 Å². The van der Waals surface area contributed by atoms with Gasteiger partial charge in [0.25, 0.3) is 5.91 Å². The molecule has 8 heteroatoms. The highest BCUT2D eigenvalue weighted by atomic mass is 35.5. The molecule has 0 unspecified atom stereocenters. The van der Waals surface area contributed by atoms with E-state index < -0.39 is 29.9 Å². The molecule has 0 aliphatic carbocycles. The Morgan fingerprint density at radius 3 is 2.35 bits per heavy atom. The maximum absolute atomic E-state index is 13.7. The Morgan fingerprint density at radius 1 is 1.06 bits per heavy atom. The van der Waals surface area contributed by atoms with Gasteiger partial charge in [0.05, 0.1) is 12.8 Å². The van der Waals surface area contributed by atoms with Crippen LogP contribution >= 0.6 is 11.6 Å². The number of halogens is 1. The number of ether oxygens (including phenoxy) is 1. The summed E-state index contributed by atoms with van der Waals surface area (Å²) in [4.78, 5) is 40.4. The third kappa shape index (κ3) is 4.47. The second-order valence-electron chi connectivity index (χ2n) is 8.11. The first-order valence-electron chi connectivity index (χ1n) is 10.7. The minimum Gasteiger partial charge on any atom is -0.495 e. The summed E-state index contributed by atoms with van der Waals surface area (Å²) in [6, 6.07) is 21.1. The summed E-state index contributed by atoms with van der Waals surface area (Å²) in [5, 5.41) is 6.07. The van der Waals surface area contributed by atoms with Gasteiger partial charge in [0, 0.05) is 17.5 Å². The van der Waals surface area contributed by atoms with Gasteiger partial charge in [-0.1, -0.05) is 72.3 Å². The molecule has 1 atom stereocenters. The lowest BCUT2D eigenvalue weighted by molar-refractivity contribution is -0.134. The molecule has 1 aliphatic heterocycles. The minimum atomic E-state index is -1.31. The first kappa shape index (κ1) is 23.3. The van der Waals surface area contributed by atoms with Gasteiger partial charge < -0.3 is 15.4 Å². The number of methoxy groups -OCH3 is 1. The van der Waals surface area contributed by atoms with Crippen LogP contribution in [-0.4, -0.2) is 36.4 Å². The first-order chi connectivity index (χ1) is 16.3. The molecule has 34 heavy (non-hydrogen) atoms. The van der Waals surface area contributed by atoms with Gasteiger partial charge in [0.1, 0.15) is 12.3 Å². The fourth-order valence-corrected chi connectivity index (χ4v) is 4.23. The molecule has 1 heterocycles. The molecule has 4 amide bonds. The lowest BCUT2D eigenvalue weighted by Gasteiger charge is -2.27. The van der Waals surface area contributed by atoms with Crippen LogP contribution in [0.3, 0.4) is 0 Å². The van der Waals surface area contributed by atoms with Crippen LogP contribution in [-0.2, 0) is 21.5 Å². The zero-order valence-corrected chi connectivity index (χ0v) is 19.6. The lowest BCUT2D eigenvalue weighted by Crippen LogP contribution is -2.46. The topological polar surface area (TPSA) is 87.7 Å². The van der Waals surface area contributed by atoms with E-state index in [9.17, 15) is 14.4 Å². The second-order valence-corrected chi connectivity index (χ2v) is 8.51. The van der Waals surface area contributed by atoms with E-state index in [1.54, 1.807) is 31.2 Å². The van der Waals surface area contributed by atoms with Crippen molar-refractivity contribution < 1.29 is 19.1 Å². The van der Waals surface area contributed by atoms with E-state index in [1.807, 2.05) is 48.5 Å². The molecular formula is C26H24ClN3O4. The molecule has 1 aliphatic rings. The van der Waals surface area contributed by atoms with Crippen LogP contribution in [0.5, 0.6) is 5.75 Å². The maximum Gasteiger partial charge on any atom is 0.325 e. The van der Waals surface area contributed by atoms with Crippen LogP contribution in [0.1, 0.15) is 16.7 Å². The van der Waals surface area contributed by atoms with Crippen molar-refractivity contribution in [3.8, 4) is 5.75 Å². The van der Waals surface area contributed by atoms with Crippen molar-refractivity contribution in [1.82, 2.24) is 10.2 Å². The molecule has 3 aromatic carbocycles. The van der Waals surface area contributed by atoms with Gasteiger partial charge in [-0.2, -0.15) is 0 Å². The fourth-order valence-electron chi connectivity index (χ4n) is 4.08. The Hall–Kier alpha value is -3.84. The monoisotopic (exact) mass is 477 g/mol. The molecular weight excluding hydrogens is 454 g/mol. The molecule has 0 radical (unpaired) electrons. The van der Waals surface area contributed by atoms with Crippen molar-refractivity contribution in [1.29, 1.82) is 0 Å². The average molecular weight is 478 g/mol. The largest absolute Gasteiger partial charge is 0.495 e. The van der Waals surface area contributed by atoms with Crippen molar-refractivity contribution in [2.75, 3.05) is 19.0 Å². The summed E-state index contributed by atoms with van der Waals surface area (Å²) in [6.45, 7) is 1.35. The molecule has 7 nitrogen and oxygen atoms in total. The van der Waals surface area contributed by atoms with Crippen molar-refractivity contribution >= 4 is 35.1 Å². The van der Waals surface area contributed by atoms with Gasteiger partial charge in [-0.3, -0.25) is 14.5 Å². The summed E-state index contributed by atoms with van der Waals surface area (Å²) in [5.41, 5.74) is 1.37. The number of rotatable bonds is 7. The highest BCUT2D eigenvalue weighted by molar-refractivity contribution is 6.31. The number of aryl methyl sites for hydroxylation is 1. The number of nitrogens with one attached hydrogen (secondary N) is 2.